The van der Waals surface area contributed by atoms with Gasteiger partial charge in [0.1, 0.15) is 12.4 Å². The number of alkyl halides is 3. The van der Waals surface area contributed by atoms with E-state index in [1.165, 1.54) is 17.8 Å². The molecule has 12 heteroatoms. The van der Waals surface area contributed by atoms with E-state index in [1.54, 1.807) is 18.2 Å². The lowest BCUT2D eigenvalue weighted by Crippen LogP contribution is -2.41. The minimum Gasteiger partial charge on any atom is -0.354 e. The maximum atomic E-state index is 13.5. The van der Waals surface area contributed by atoms with Crippen molar-refractivity contribution in [2.75, 3.05) is 29.4 Å². The fourth-order valence-corrected chi connectivity index (χ4v) is 4.45. The molecule has 1 N–H and O–H groups in total. The van der Waals surface area contributed by atoms with Gasteiger partial charge in [0, 0.05) is 18.1 Å². The molecule has 5 nitrogen and oxygen atoms in total. The number of carbonyl (C=O) groups excluding carboxylic acids is 1. The van der Waals surface area contributed by atoms with E-state index in [1.807, 2.05) is 0 Å². The first-order valence-electron chi connectivity index (χ1n) is 8.82. The summed E-state index contributed by atoms with van der Waals surface area (Å²) in [4.78, 5) is 12.2. The molecular formula is C19H19ClF4N2O3S2. The lowest BCUT2D eigenvalue weighted by Gasteiger charge is -2.23. The van der Waals surface area contributed by atoms with Crippen molar-refractivity contribution in [3.63, 3.8) is 0 Å². The standard InChI is InChI=1S/C19H19ClF4N2O3S2/c1-31(28,29)26(14-6-7-16(20)15(10-14)19(22,23)24)11-18(27)25-8-9-30-12-13-4-2-3-5-17(13)21/h2-7,10H,8-9,11-12H2,1H3,(H,25,27). The van der Waals surface area contributed by atoms with Crippen molar-refractivity contribution < 1.29 is 30.8 Å². The number of nitrogens with one attached hydrogen (secondary N) is 1. The number of sulfonamides is 1. The first kappa shape index (κ1) is 25.3. The summed E-state index contributed by atoms with van der Waals surface area (Å²) in [6, 6.07) is 8.88. The molecule has 0 atom stereocenters. The third-order valence-corrected chi connectivity index (χ3v) is 6.49. The minimum atomic E-state index is -4.78. The lowest BCUT2D eigenvalue weighted by atomic mass is 10.2. The molecule has 2 aromatic carbocycles. The molecule has 0 saturated heterocycles. The fraction of sp³-hybridized carbons (Fsp3) is 0.316. The first-order chi connectivity index (χ1) is 14.4. The Bertz CT molecular complexity index is 1030. The van der Waals surface area contributed by atoms with Crippen molar-refractivity contribution in [3.05, 3.63) is 64.4 Å². The summed E-state index contributed by atoms with van der Waals surface area (Å²) in [5.41, 5.74) is -1.01. The monoisotopic (exact) mass is 498 g/mol. The quantitative estimate of drug-likeness (QED) is 0.413. The number of hydrogen-bond acceptors (Lipinski definition) is 4. The lowest BCUT2D eigenvalue weighted by molar-refractivity contribution is -0.137. The number of rotatable bonds is 9. The van der Waals surface area contributed by atoms with Gasteiger partial charge >= 0.3 is 6.18 Å². The Balaban J connectivity index is 1.97. The van der Waals surface area contributed by atoms with E-state index >= 15 is 0 Å². The van der Waals surface area contributed by atoms with E-state index in [4.69, 9.17) is 11.6 Å². The molecule has 0 aliphatic rings. The van der Waals surface area contributed by atoms with Crippen molar-refractivity contribution in [3.8, 4) is 0 Å². The van der Waals surface area contributed by atoms with Gasteiger partial charge in [0.05, 0.1) is 22.5 Å². The highest BCUT2D eigenvalue weighted by molar-refractivity contribution is 7.98. The molecule has 0 unspecified atom stereocenters. The van der Waals surface area contributed by atoms with Gasteiger partial charge in [-0.3, -0.25) is 9.10 Å². The second-order valence-corrected chi connectivity index (χ2v) is 9.84. The summed E-state index contributed by atoms with van der Waals surface area (Å²) in [7, 11) is -4.05. The highest BCUT2D eigenvalue weighted by atomic mass is 35.5. The summed E-state index contributed by atoms with van der Waals surface area (Å²) in [6.07, 6.45) is -4.00. The Morgan fingerprint density at radius 1 is 1.19 bits per heavy atom. The molecule has 2 rings (SSSR count). The van der Waals surface area contributed by atoms with Gasteiger partial charge in [0.25, 0.3) is 0 Å². The molecule has 0 spiro atoms. The second-order valence-electron chi connectivity index (χ2n) is 6.43. The van der Waals surface area contributed by atoms with E-state index in [-0.39, 0.29) is 18.0 Å². The van der Waals surface area contributed by atoms with E-state index < -0.39 is 39.2 Å². The summed E-state index contributed by atoms with van der Waals surface area (Å²) in [5.74, 6) is -0.203. The van der Waals surface area contributed by atoms with E-state index in [9.17, 15) is 30.8 Å². The second kappa shape index (κ2) is 10.6. The van der Waals surface area contributed by atoms with Crippen LogP contribution in [0, 0.1) is 5.82 Å². The SMILES string of the molecule is CS(=O)(=O)N(CC(=O)NCCSCc1ccccc1F)c1ccc(Cl)c(C(F)(F)F)c1. The number of thioether (sulfide) groups is 1. The van der Waals surface area contributed by atoms with Crippen LogP contribution in [-0.2, 0) is 26.7 Å². The largest absolute Gasteiger partial charge is 0.417 e. The maximum Gasteiger partial charge on any atom is 0.417 e. The predicted octanol–water partition coefficient (Wildman–Crippen LogP) is 4.31. The van der Waals surface area contributed by atoms with E-state index in [2.05, 4.69) is 5.32 Å². The summed E-state index contributed by atoms with van der Waals surface area (Å²) < 4.78 is 77.5. The Hall–Kier alpha value is -1.98. The summed E-state index contributed by atoms with van der Waals surface area (Å²) in [6.45, 7) is -0.528. The van der Waals surface area contributed by atoms with Crippen LogP contribution >= 0.6 is 23.4 Å². The van der Waals surface area contributed by atoms with Crippen LogP contribution in [0.3, 0.4) is 0 Å². The zero-order valence-electron chi connectivity index (χ0n) is 16.2. The molecule has 0 aromatic heterocycles. The van der Waals surface area contributed by atoms with E-state index in [0.717, 1.165) is 18.4 Å². The number of anilines is 1. The van der Waals surface area contributed by atoms with Gasteiger partial charge in [0.15, 0.2) is 0 Å². The highest BCUT2D eigenvalue weighted by Gasteiger charge is 2.34. The first-order valence-corrected chi connectivity index (χ1v) is 12.2. The fourth-order valence-electron chi connectivity index (χ4n) is 2.53. The maximum absolute atomic E-state index is 13.5. The smallest absolute Gasteiger partial charge is 0.354 e. The zero-order valence-corrected chi connectivity index (χ0v) is 18.6. The normalized spacial score (nSPS) is 11.9. The molecule has 31 heavy (non-hydrogen) atoms. The number of benzene rings is 2. The number of amides is 1. The van der Waals surface area contributed by atoms with Crippen molar-refractivity contribution in [1.82, 2.24) is 5.32 Å². The minimum absolute atomic E-state index is 0.171. The van der Waals surface area contributed by atoms with Crippen LogP contribution in [0.15, 0.2) is 42.5 Å². The van der Waals surface area contributed by atoms with Crippen molar-refractivity contribution in [2.45, 2.75) is 11.9 Å². The molecular weight excluding hydrogens is 480 g/mol. The average molecular weight is 499 g/mol. The Kier molecular flexibility index (Phi) is 8.61. The van der Waals surface area contributed by atoms with Crippen LogP contribution in [0.4, 0.5) is 23.2 Å². The number of carbonyl (C=O) groups is 1. The molecule has 0 heterocycles. The third-order valence-electron chi connectivity index (χ3n) is 4.01. The van der Waals surface area contributed by atoms with Gasteiger partial charge in [-0.05, 0) is 29.8 Å². The number of halogens is 5. The van der Waals surface area contributed by atoms with Crippen molar-refractivity contribution >= 4 is 45.0 Å². The van der Waals surface area contributed by atoms with Crippen molar-refractivity contribution in [1.29, 1.82) is 0 Å². The Morgan fingerprint density at radius 3 is 2.48 bits per heavy atom. The van der Waals surface area contributed by atoms with E-state index in [0.29, 0.717) is 27.4 Å². The molecule has 0 aliphatic heterocycles. The molecule has 0 radical (unpaired) electrons. The average Bonchev–Trinajstić information content (AvgIpc) is 2.66. The Morgan fingerprint density at radius 2 is 1.87 bits per heavy atom. The van der Waals surface area contributed by atoms with Gasteiger partial charge in [-0.1, -0.05) is 29.8 Å². The van der Waals surface area contributed by atoms with Crippen molar-refractivity contribution in [2.24, 2.45) is 0 Å². The number of nitrogens with zero attached hydrogens (tertiary/aromatic N) is 1. The zero-order chi connectivity index (χ0) is 23.2. The van der Waals surface area contributed by atoms with Crippen LogP contribution < -0.4 is 9.62 Å². The van der Waals surface area contributed by atoms with Gasteiger partial charge < -0.3 is 5.32 Å². The molecule has 170 valence electrons. The summed E-state index contributed by atoms with van der Waals surface area (Å²) in [5, 5.41) is 1.92. The Labute approximate surface area is 186 Å². The molecule has 0 aliphatic carbocycles. The predicted molar refractivity (Wildman–Crippen MR) is 114 cm³/mol. The van der Waals surface area contributed by atoms with Crippen LogP contribution in [0.5, 0.6) is 0 Å². The number of hydrogen-bond donors (Lipinski definition) is 1. The van der Waals surface area contributed by atoms with Gasteiger partial charge in [-0.15, -0.1) is 0 Å². The van der Waals surface area contributed by atoms with Crippen LogP contribution in [0.1, 0.15) is 11.1 Å². The topological polar surface area (TPSA) is 66.5 Å². The van der Waals surface area contributed by atoms with Crippen LogP contribution in [-0.4, -0.2) is 39.4 Å². The molecule has 0 saturated carbocycles. The molecule has 0 fully saturated rings. The van der Waals surface area contributed by atoms with Gasteiger partial charge in [-0.25, -0.2) is 12.8 Å². The molecule has 1 amide bonds. The van der Waals surface area contributed by atoms with Crippen LogP contribution in [0.2, 0.25) is 5.02 Å². The third kappa shape index (κ3) is 7.58. The molecule has 2 aromatic rings. The molecule has 0 bridgehead atoms. The van der Waals surface area contributed by atoms with Gasteiger partial charge in [0.2, 0.25) is 15.9 Å². The summed E-state index contributed by atoms with van der Waals surface area (Å²) >= 11 is 6.93. The highest BCUT2D eigenvalue weighted by Crippen LogP contribution is 2.37. The van der Waals surface area contributed by atoms with Gasteiger partial charge in [-0.2, -0.15) is 24.9 Å². The van der Waals surface area contributed by atoms with Crippen LogP contribution in [0.25, 0.3) is 0 Å².